The lowest BCUT2D eigenvalue weighted by Crippen LogP contribution is -2.35. The van der Waals surface area contributed by atoms with Crippen LogP contribution in [0.2, 0.25) is 5.02 Å². The highest BCUT2D eigenvalue weighted by Crippen LogP contribution is 2.33. The van der Waals surface area contributed by atoms with Crippen LogP contribution in [0.4, 0.5) is 17.6 Å². The number of hydrogen-bond acceptors (Lipinski definition) is 6. The fraction of sp³-hybridized carbons (Fsp3) is 0.526. The molecular weight excluding hydrogens is 468 g/mol. The van der Waals surface area contributed by atoms with Crippen molar-refractivity contribution in [2.24, 2.45) is 5.92 Å². The van der Waals surface area contributed by atoms with E-state index in [-0.39, 0.29) is 18.4 Å². The summed E-state index contributed by atoms with van der Waals surface area (Å²) in [6.45, 7) is -1.33. The summed E-state index contributed by atoms with van der Waals surface area (Å²) in [6.07, 6.45) is -3.67. The molecule has 1 aliphatic carbocycles. The van der Waals surface area contributed by atoms with E-state index in [1.165, 1.54) is 6.92 Å². The normalized spacial score (nSPS) is 16.2. The molecule has 172 valence electrons. The lowest BCUT2D eigenvalue weighted by molar-refractivity contribution is -0.168. The van der Waals surface area contributed by atoms with Crippen LogP contribution in [0.1, 0.15) is 42.1 Å². The molecule has 2 rings (SSSR count). The maximum absolute atomic E-state index is 13.1. The Kier molecular flexibility index (Phi) is 7.99. The molecule has 0 heterocycles. The fourth-order valence-electron chi connectivity index (χ4n) is 3.08. The molecule has 6 nitrogen and oxygen atoms in total. The van der Waals surface area contributed by atoms with E-state index in [0.717, 1.165) is 12.1 Å². The number of carbonyl (C=O) groups excluding carboxylic acids is 3. The van der Waals surface area contributed by atoms with Crippen LogP contribution in [0.3, 0.4) is 0 Å². The topological polar surface area (TPSA) is 94.6 Å². The van der Waals surface area contributed by atoms with Crippen molar-refractivity contribution < 1.29 is 45.1 Å². The van der Waals surface area contributed by atoms with Crippen LogP contribution in [-0.4, -0.2) is 50.5 Å². The van der Waals surface area contributed by atoms with Gasteiger partial charge in [-0.15, -0.1) is 0 Å². The number of carbonyl (C=O) groups is 3. The first-order chi connectivity index (χ1) is 14.3. The predicted octanol–water partition coefficient (Wildman–Crippen LogP) is 3.67. The first kappa shape index (κ1) is 25.4. The van der Waals surface area contributed by atoms with Crippen LogP contribution in [0, 0.1) is 5.92 Å². The highest BCUT2D eigenvalue weighted by Gasteiger charge is 2.41. The highest BCUT2D eigenvalue weighted by molar-refractivity contribution is 7.91. The third kappa shape index (κ3) is 5.50. The van der Waals surface area contributed by atoms with Crippen LogP contribution in [0.15, 0.2) is 17.0 Å². The first-order valence-electron chi connectivity index (χ1n) is 9.21. The van der Waals surface area contributed by atoms with Crippen molar-refractivity contribution in [3.05, 3.63) is 28.3 Å². The minimum atomic E-state index is -4.48. The predicted molar refractivity (Wildman–Crippen MR) is 101 cm³/mol. The van der Waals surface area contributed by atoms with Gasteiger partial charge >= 0.3 is 12.3 Å². The Hall–Kier alpha value is -1.85. The SMILES string of the molecule is CCS(=O)(=O)c1ccc(C(=O)C2C(=O)CCCC2=O)c(Cl)c1COCC(F)(F)C(F)F. The number of halogens is 5. The minimum absolute atomic E-state index is 0.0146. The second-order valence-electron chi connectivity index (χ2n) is 6.95. The van der Waals surface area contributed by atoms with Crippen LogP contribution in [0.5, 0.6) is 0 Å². The van der Waals surface area contributed by atoms with Crippen molar-refractivity contribution in [3.8, 4) is 0 Å². The van der Waals surface area contributed by atoms with Crippen LogP contribution in [-0.2, 0) is 30.8 Å². The van der Waals surface area contributed by atoms with E-state index in [4.69, 9.17) is 11.6 Å². The fourth-order valence-corrected chi connectivity index (χ4v) is 4.57. The van der Waals surface area contributed by atoms with E-state index in [9.17, 15) is 40.4 Å². The van der Waals surface area contributed by atoms with Gasteiger partial charge in [0.05, 0.1) is 22.3 Å². The van der Waals surface area contributed by atoms with Gasteiger partial charge in [0.2, 0.25) is 0 Å². The second kappa shape index (κ2) is 9.74. The summed E-state index contributed by atoms with van der Waals surface area (Å²) >= 11 is 6.18. The lowest BCUT2D eigenvalue weighted by atomic mass is 9.81. The standard InChI is InChI=1S/C19H19ClF4O6S/c1-2-31(28,29)14-7-6-10(17(27)15-12(25)4-3-5-13(15)26)16(20)11(14)8-30-9-19(23,24)18(21)22/h6-7,15,18H,2-5,8-9H2,1H3. The molecule has 1 saturated carbocycles. The molecular formula is C19H19ClF4O6S. The number of Topliss-reactive ketones (excluding diaryl/α,β-unsaturated/α-hetero) is 3. The average Bonchev–Trinajstić information content (AvgIpc) is 2.68. The number of ketones is 3. The summed E-state index contributed by atoms with van der Waals surface area (Å²) in [7, 11) is -3.97. The van der Waals surface area contributed by atoms with E-state index >= 15 is 0 Å². The number of alkyl halides is 4. The third-order valence-corrected chi connectivity index (χ3v) is 7.04. The van der Waals surface area contributed by atoms with Crippen molar-refractivity contribution in [1.29, 1.82) is 0 Å². The number of hydrogen-bond donors (Lipinski definition) is 0. The van der Waals surface area contributed by atoms with Gasteiger partial charge in [-0.3, -0.25) is 14.4 Å². The van der Waals surface area contributed by atoms with Gasteiger partial charge in [0.25, 0.3) is 0 Å². The van der Waals surface area contributed by atoms with E-state index in [2.05, 4.69) is 4.74 Å². The molecule has 31 heavy (non-hydrogen) atoms. The minimum Gasteiger partial charge on any atom is -0.370 e. The monoisotopic (exact) mass is 486 g/mol. The van der Waals surface area contributed by atoms with Crippen molar-refractivity contribution in [3.63, 3.8) is 0 Å². The molecule has 0 spiro atoms. The van der Waals surface area contributed by atoms with E-state index < -0.39 is 79.9 Å². The number of rotatable bonds is 9. The van der Waals surface area contributed by atoms with E-state index in [1.54, 1.807) is 0 Å². The molecule has 0 unspecified atom stereocenters. The summed E-state index contributed by atoms with van der Waals surface area (Å²) in [5.74, 6) is -8.62. The molecule has 1 fully saturated rings. The van der Waals surface area contributed by atoms with Gasteiger partial charge in [-0.25, -0.2) is 17.2 Å². The van der Waals surface area contributed by atoms with Gasteiger partial charge in [-0.1, -0.05) is 18.5 Å². The molecule has 0 radical (unpaired) electrons. The van der Waals surface area contributed by atoms with Crippen LogP contribution < -0.4 is 0 Å². The summed E-state index contributed by atoms with van der Waals surface area (Å²) in [5, 5.41) is -0.508. The average molecular weight is 487 g/mol. The van der Waals surface area contributed by atoms with E-state index in [1.807, 2.05) is 0 Å². The number of benzene rings is 1. The Balaban J connectivity index is 2.47. The zero-order valence-corrected chi connectivity index (χ0v) is 17.9. The van der Waals surface area contributed by atoms with Gasteiger partial charge in [-0.2, -0.15) is 8.78 Å². The highest BCUT2D eigenvalue weighted by atomic mass is 35.5. The molecule has 0 aromatic heterocycles. The molecule has 0 N–H and O–H groups in total. The molecule has 12 heteroatoms. The van der Waals surface area contributed by atoms with Crippen molar-refractivity contribution in [2.75, 3.05) is 12.4 Å². The lowest BCUT2D eigenvalue weighted by Gasteiger charge is -2.21. The Bertz CT molecular complexity index is 977. The molecule has 0 saturated heterocycles. The Labute approximate surface area is 180 Å². The molecule has 1 aromatic carbocycles. The Morgan fingerprint density at radius 2 is 1.81 bits per heavy atom. The largest absolute Gasteiger partial charge is 0.370 e. The zero-order valence-electron chi connectivity index (χ0n) is 16.3. The number of ether oxygens (including phenoxy) is 1. The van der Waals surface area contributed by atoms with Gasteiger partial charge in [0, 0.05) is 24.0 Å². The Morgan fingerprint density at radius 1 is 1.23 bits per heavy atom. The van der Waals surface area contributed by atoms with Crippen LogP contribution >= 0.6 is 11.6 Å². The van der Waals surface area contributed by atoms with Gasteiger partial charge in [0.1, 0.15) is 12.5 Å². The van der Waals surface area contributed by atoms with Crippen molar-refractivity contribution in [2.45, 2.75) is 50.0 Å². The zero-order chi connectivity index (χ0) is 23.6. The third-order valence-electron chi connectivity index (χ3n) is 4.79. The summed E-state index contributed by atoms with van der Waals surface area (Å²) in [5.41, 5.74) is -0.750. The smallest absolute Gasteiger partial charge is 0.330 e. The maximum atomic E-state index is 13.1. The number of sulfone groups is 1. The molecule has 0 aliphatic heterocycles. The molecule has 1 aliphatic rings. The van der Waals surface area contributed by atoms with Gasteiger partial charge < -0.3 is 4.74 Å². The summed E-state index contributed by atoms with van der Waals surface area (Å²) < 4.78 is 80.2. The van der Waals surface area contributed by atoms with Crippen molar-refractivity contribution in [1.82, 2.24) is 0 Å². The quantitative estimate of drug-likeness (QED) is 0.300. The molecule has 0 atom stereocenters. The van der Waals surface area contributed by atoms with Crippen molar-refractivity contribution >= 4 is 38.8 Å². The van der Waals surface area contributed by atoms with E-state index in [0.29, 0.717) is 6.42 Å². The maximum Gasteiger partial charge on any atom is 0.330 e. The first-order valence-corrected chi connectivity index (χ1v) is 11.2. The summed E-state index contributed by atoms with van der Waals surface area (Å²) in [4.78, 5) is 36.5. The molecule has 0 amide bonds. The molecule has 1 aromatic rings. The molecule has 0 bridgehead atoms. The van der Waals surface area contributed by atoms with Gasteiger partial charge in [-0.05, 0) is 18.6 Å². The second-order valence-corrected chi connectivity index (χ2v) is 9.57. The summed E-state index contributed by atoms with van der Waals surface area (Å²) in [6, 6.07) is 2.01. The Morgan fingerprint density at radius 3 is 2.32 bits per heavy atom. The van der Waals surface area contributed by atoms with Gasteiger partial charge in [0.15, 0.2) is 27.2 Å². The van der Waals surface area contributed by atoms with Crippen LogP contribution in [0.25, 0.3) is 0 Å².